The van der Waals surface area contributed by atoms with Gasteiger partial charge in [-0.3, -0.25) is 52.7 Å². The van der Waals surface area contributed by atoms with Crippen molar-refractivity contribution < 1.29 is 88.2 Å². The molecule has 2 aromatic carbocycles. The van der Waals surface area contributed by atoms with Crippen LogP contribution in [0.5, 0.6) is 11.5 Å². The van der Waals surface area contributed by atoms with Gasteiger partial charge in [0.05, 0.1) is 24.9 Å². The maximum absolute atomic E-state index is 14.4. The van der Waals surface area contributed by atoms with Crippen molar-refractivity contribution in [2.24, 2.45) is 22.9 Å². The summed E-state index contributed by atoms with van der Waals surface area (Å²) >= 11 is 0. The van der Waals surface area contributed by atoms with Crippen molar-refractivity contribution in [3.63, 3.8) is 0 Å². The molecule has 11 atom stereocenters. The summed E-state index contributed by atoms with van der Waals surface area (Å²) in [6, 6.07) is -4.05. The molecule has 11 amide bonds. The highest BCUT2D eigenvalue weighted by Crippen LogP contribution is 2.21. The highest BCUT2D eigenvalue weighted by molar-refractivity contribution is 5.99. The van der Waals surface area contributed by atoms with Crippen LogP contribution in [0.15, 0.2) is 48.5 Å². The van der Waals surface area contributed by atoms with E-state index in [2.05, 4.69) is 37.2 Å². The number of aromatic hydroxyl groups is 2. The number of nitrogens with zero attached hydrogens (tertiary/aromatic N) is 1. The fourth-order valence-electron chi connectivity index (χ4n) is 8.02. The third kappa shape index (κ3) is 21.1. The van der Waals surface area contributed by atoms with Crippen molar-refractivity contribution in [3.8, 4) is 11.5 Å². The second kappa shape index (κ2) is 31.1. The summed E-state index contributed by atoms with van der Waals surface area (Å²) < 4.78 is 0. The van der Waals surface area contributed by atoms with E-state index in [1.807, 2.05) is 0 Å². The van der Waals surface area contributed by atoms with Crippen LogP contribution in [-0.2, 0) is 70.4 Å². The molecule has 1 heterocycles. The van der Waals surface area contributed by atoms with Gasteiger partial charge in [0, 0.05) is 38.6 Å². The number of amides is 11. The Balaban J connectivity index is 1.91. The first-order valence-corrected chi connectivity index (χ1v) is 24.9. The number of aliphatic hydroxyl groups is 3. The second-order valence-electron chi connectivity index (χ2n) is 18.8. The smallest absolute Gasteiger partial charge is 0.328 e. The van der Waals surface area contributed by atoms with Gasteiger partial charge in [-0.25, -0.2) is 4.79 Å². The van der Waals surface area contributed by atoms with Gasteiger partial charge in [-0.15, -0.1) is 0 Å². The van der Waals surface area contributed by atoms with Crippen LogP contribution in [0.4, 0.5) is 0 Å². The van der Waals surface area contributed by atoms with Crippen LogP contribution in [0.25, 0.3) is 0 Å². The van der Waals surface area contributed by atoms with E-state index < -0.39 is 163 Å². The quantitative estimate of drug-likeness (QED) is 0.0324. The topological polar surface area (TPSA) is 518 Å². The fraction of sp³-hybridized carbons (Fsp3) is 0.510. The normalized spacial score (nSPS) is 16.8. The maximum Gasteiger partial charge on any atom is 0.328 e. The molecule has 0 spiro atoms. The Hall–Kier alpha value is -8.48. The summed E-state index contributed by atoms with van der Waals surface area (Å²) in [5.41, 5.74) is 22.3. The number of hydrogen-bond donors (Lipinski definition) is 17. The zero-order valence-electron chi connectivity index (χ0n) is 43.3. The van der Waals surface area contributed by atoms with E-state index in [1.165, 1.54) is 48.5 Å². The van der Waals surface area contributed by atoms with Gasteiger partial charge in [-0.2, -0.15) is 0 Å². The highest BCUT2D eigenvalue weighted by Gasteiger charge is 2.42. The van der Waals surface area contributed by atoms with E-state index in [0.29, 0.717) is 11.1 Å². The Morgan fingerprint density at radius 3 is 1.35 bits per heavy atom. The standard InChI is InChI=1S/C49H70N12O18/c1-23(63)39(48(77)61-19-3-4-35(61)47(76)55-31(15-18-38(53)69)43(72)60-40(24(2)64)49(78)79)59-46(75)34(22-62)58-45(74)33(21-26-7-11-28(66)12-8-26)57-44(73)32(20-25-5-9-27(65)10-6-25)56-42(71)30(14-17-37(52)68)54-41(70)29(50)13-16-36(51)67/h5-12,23-24,29-35,39-40,62-66H,3-4,13-22,50H2,1-2H3,(H2,51,67)(H2,52,68)(H2,53,69)(H,54,70)(H,55,76)(H,56,71)(H,57,73)(H,58,74)(H,59,75)(H,60,72)(H,78,79)/t23-,24-,29+,30+,31+,32+,33+,34+,35+,39+,40+/m1/s1. The molecule has 434 valence electrons. The Morgan fingerprint density at radius 1 is 0.544 bits per heavy atom. The Bertz CT molecular complexity index is 2510. The Labute approximate surface area is 452 Å². The number of nitrogens with two attached hydrogens (primary N) is 4. The summed E-state index contributed by atoms with van der Waals surface area (Å²) in [7, 11) is 0. The van der Waals surface area contributed by atoms with E-state index in [9.17, 15) is 88.2 Å². The molecule has 0 aliphatic carbocycles. The minimum atomic E-state index is -1.92. The lowest BCUT2D eigenvalue weighted by atomic mass is 10.0. The number of aliphatic carboxylic acids is 1. The molecule has 1 aliphatic heterocycles. The third-order valence-corrected chi connectivity index (χ3v) is 12.4. The zero-order valence-corrected chi connectivity index (χ0v) is 43.3. The summed E-state index contributed by atoms with van der Waals surface area (Å²) in [6.45, 7) is 0.922. The lowest BCUT2D eigenvalue weighted by molar-refractivity contribution is -0.146. The number of carbonyl (C=O) groups is 12. The molecule has 21 N–H and O–H groups in total. The van der Waals surface area contributed by atoms with Crippen molar-refractivity contribution in [3.05, 3.63) is 59.7 Å². The second-order valence-corrected chi connectivity index (χ2v) is 18.8. The van der Waals surface area contributed by atoms with E-state index in [0.717, 1.165) is 18.7 Å². The molecule has 0 unspecified atom stereocenters. The van der Waals surface area contributed by atoms with Crippen molar-refractivity contribution in [2.75, 3.05) is 13.2 Å². The van der Waals surface area contributed by atoms with Gasteiger partial charge in [0.2, 0.25) is 65.0 Å². The molecular weight excluding hydrogens is 1040 g/mol. The third-order valence-electron chi connectivity index (χ3n) is 12.4. The van der Waals surface area contributed by atoms with Gasteiger partial charge in [-0.05, 0) is 81.3 Å². The molecule has 1 saturated heterocycles. The zero-order chi connectivity index (χ0) is 59.3. The number of likely N-dealkylation sites (tertiary alicyclic amines) is 1. The van der Waals surface area contributed by atoms with E-state index >= 15 is 0 Å². The molecule has 2 aromatic rings. The minimum Gasteiger partial charge on any atom is -0.508 e. The van der Waals surface area contributed by atoms with Gasteiger partial charge in [-0.1, -0.05) is 24.3 Å². The number of benzene rings is 2. The number of carboxylic acids is 1. The molecule has 30 nitrogen and oxygen atoms in total. The minimum absolute atomic E-state index is 0.0165. The van der Waals surface area contributed by atoms with E-state index in [4.69, 9.17) is 22.9 Å². The van der Waals surface area contributed by atoms with Gasteiger partial charge >= 0.3 is 5.97 Å². The van der Waals surface area contributed by atoms with Crippen molar-refractivity contribution in [1.29, 1.82) is 0 Å². The molecule has 30 heteroatoms. The number of phenolic OH excluding ortho intramolecular Hbond substituents is 2. The van der Waals surface area contributed by atoms with Crippen LogP contribution in [0.3, 0.4) is 0 Å². The van der Waals surface area contributed by atoms with Crippen LogP contribution in [0.1, 0.15) is 76.3 Å². The molecule has 3 rings (SSSR count). The number of nitrogens with one attached hydrogen (secondary N) is 7. The summed E-state index contributed by atoms with van der Waals surface area (Å²) in [6.07, 6.45) is -6.02. The van der Waals surface area contributed by atoms with Crippen molar-refractivity contribution in [1.82, 2.24) is 42.1 Å². The molecule has 0 aromatic heterocycles. The van der Waals surface area contributed by atoms with Crippen LogP contribution >= 0.6 is 0 Å². The summed E-state index contributed by atoms with van der Waals surface area (Å²) in [5, 5.41) is 76.8. The summed E-state index contributed by atoms with van der Waals surface area (Å²) in [4.78, 5) is 158. The van der Waals surface area contributed by atoms with Crippen molar-refractivity contribution in [2.45, 2.75) is 145 Å². The molecule has 79 heavy (non-hydrogen) atoms. The van der Waals surface area contributed by atoms with E-state index in [1.54, 1.807) is 0 Å². The summed E-state index contributed by atoms with van der Waals surface area (Å²) in [5.74, 6) is -13.0. The monoisotopic (exact) mass is 1110 g/mol. The first-order valence-electron chi connectivity index (χ1n) is 24.9. The highest BCUT2D eigenvalue weighted by atomic mass is 16.4. The first kappa shape index (κ1) is 64.8. The van der Waals surface area contributed by atoms with Gasteiger partial charge < -0.3 is 95.7 Å². The number of phenols is 2. The van der Waals surface area contributed by atoms with Crippen LogP contribution in [-0.4, -0.2) is 186 Å². The van der Waals surface area contributed by atoms with Gasteiger partial charge in [0.15, 0.2) is 6.04 Å². The first-order chi connectivity index (χ1) is 37.1. The SMILES string of the molecule is C[C@@H](O)[C@H](NC(=O)[C@H](CCC(N)=O)NC(=O)[C@@H]1CCCN1C(=O)[C@@H](NC(=O)[C@H](CO)NC(=O)[C@H](Cc1ccc(O)cc1)NC(=O)[C@H](Cc1ccc(O)cc1)NC(=O)[C@H](CCC(N)=O)NC(=O)[C@@H](N)CCC(N)=O)[C@@H](C)O)C(=O)O. The van der Waals surface area contributed by atoms with Crippen LogP contribution < -0.4 is 60.2 Å². The van der Waals surface area contributed by atoms with E-state index in [-0.39, 0.29) is 63.0 Å². The lowest BCUT2D eigenvalue weighted by Crippen LogP contribution is -2.62. The lowest BCUT2D eigenvalue weighted by Gasteiger charge is -2.32. The predicted octanol–water partition coefficient (Wildman–Crippen LogP) is -6.77. The van der Waals surface area contributed by atoms with Crippen LogP contribution in [0, 0.1) is 0 Å². The fourth-order valence-corrected chi connectivity index (χ4v) is 8.02. The molecule has 1 aliphatic rings. The molecule has 0 radical (unpaired) electrons. The number of carboxylic acid groups (broad SMARTS) is 1. The molecule has 1 fully saturated rings. The molecule has 0 saturated carbocycles. The molecular formula is C49H70N12O18. The number of carbonyl (C=O) groups excluding carboxylic acids is 11. The Morgan fingerprint density at radius 2 is 0.924 bits per heavy atom. The Kier molecular flexibility index (Phi) is 25.5. The average Bonchev–Trinajstić information content (AvgIpc) is 3.92. The maximum atomic E-state index is 14.4. The van der Waals surface area contributed by atoms with Crippen molar-refractivity contribution >= 4 is 70.9 Å². The molecule has 0 bridgehead atoms. The number of aliphatic hydroxyl groups excluding tert-OH is 3. The van der Waals surface area contributed by atoms with Crippen LogP contribution in [0.2, 0.25) is 0 Å². The van der Waals surface area contributed by atoms with Gasteiger partial charge in [0.25, 0.3) is 0 Å². The van der Waals surface area contributed by atoms with Gasteiger partial charge in [0.1, 0.15) is 53.8 Å². The number of primary amides is 3. The average molecular weight is 1120 g/mol. The number of hydrogen-bond acceptors (Lipinski definition) is 18. The largest absolute Gasteiger partial charge is 0.508 e. The number of rotatable bonds is 32. The predicted molar refractivity (Wildman–Crippen MR) is 273 cm³/mol.